The lowest BCUT2D eigenvalue weighted by Crippen LogP contribution is -2.37. The van der Waals surface area contributed by atoms with E-state index in [-0.39, 0.29) is 6.04 Å². The van der Waals surface area contributed by atoms with Crippen LogP contribution in [-0.2, 0) is 11.2 Å². The van der Waals surface area contributed by atoms with Gasteiger partial charge in [0.15, 0.2) is 0 Å². The Morgan fingerprint density at radius 2 is 2.53 bits per heavy atom. The number of rotatable bonds is 5. The minimum atomic E-state index is 0.136. The maximum atomic E-state index is 5.71. The van der Waals surface area contributed by atoms with E-state index >= 15 is 0 Å². The Balaban J connectivity index is 2.12. The molecule has 0 aliphatic carbocycles. The van der Waals surface area contributed by atoms with Gasteiger partial charge in [0.2, 0.25) is 0 Å². The van der Waals surface area contributed by atoms with Gasteiger partial charge in [-0.3, -0.25) is 11.3 Å². The molecule has 0 aromatic carbocycles. The molecular formula is C11H20N4OS. The number of ether oxygens (including phenoxy) is 1. The van der Waals surface area contributed by atoms with Gasteiger partial charge in [-0.1, -0.05) is 17.8 Å². The number of aryl methyl sites for hydroxylation is 1. The van der Waals surface area contributed by atoms with Gasteiger partial charge >= 0.3 is 0 Å². The van der Waals surface area contributed by atoms with Gasteiger partial charge in [-0.25, -0.2) is 0 Å². The first-order chi connectivity index (χ1) is 8.36. The number of aromatic nitrogens is 2. The number of nitrogens with one attached hydrogen (secondary N) is 1. The molecule has 1 aliphatic rings. The van der Waals surface area contributed by atoms with Crippen LogP contribution in [0.3, 0.4) is 0 Å². The third-order valence-corrected chi connectivity index (χ3v) is 4.05. The highest BCUT2D eigenvalue weighted by atomic mass is 32.1. The fourth-order valence-electron chi connectivity index (χ4n) is 2.32. The average molecular weight is 256 g/mol. The highest BCUT2D eigenvalue weighted by molar-refractivity contribution is 7.05. The monoisotopic (exact) mass is 256 g/mol. The molecule has 96 valence electrons. The number of nitrogens with two attached hydrogens (primary N) is 1. The van der Waals surface area contributed by atoms with E-state index in [0.29, 0.717) is 5.92 Å². The lowest BCUT2D eigenvalue weighted by molar-refractivity contribution is 0.0394. The Hall–Kier alpha value is -0.560. The maximum absolute atomic E-state index is 5.71. The van der Waals surface area contributed by atoms with Gasteiger partial charge in [-0.15, -0.1) is 5.10 Å². The minimum absolute atomic E-state index is 0.136. The first kappa shape index (κ1) is 12.9. The molecule has 1 aromatic rings. The molecule has 0 spiro atoms. The number of hydrogen-bond acceptors (Lipinski definition) is 6. The van der Waals surface area contributed by atoms with Crippen molar-refractivity contribution < 1.29 is 4.74 Å². The summed E-state index contributed by atoms with van der Waals surface area (Å²) in [5.41, 5.74) is 4.01. The molecule has 5 nitrogen and oxygen atoms in total. The van der Waals surface area contributed by atoms with Crippen molar-refractivity contribution in [3.8, 4) is 0 Å². The van der Waals surface area contributed by atoms with Gasteiger partial charge in [0, 0.05) is 12.5 Å². The smallest absolute Gasteiger partial charge is 0.0804 e. The van der Waals surface area contributed by atoms with Gasteiger partial charge < -0.3 is 4.74 Å². The zero-order chi connectivity index (χ0) is 12.1. The van der Waals surface area contributed by atoms with Crippen molar-refractivity contribution in [3.05, 3.63) is 10.6 Å². The van der Waals surface area contributed by atoms with E-state index in [2.05, 4.69) is 21.9 Å². The van der Waals surface area contributed by atoms with Crippen LogP contribution in [0.4, 0.5) is 0 Å². The molecule has 1 aliphatic heterocycles. The van der Waals surface area contributed by atoms with E-state index in [9.17, 15) is 0 Å². The van der Waals surface area contributed by atoms with Crippen LogP contribution in [0.15, 0.2) is 0 Å². The molecule has 0 bridgehead atoms. The molecule has 17 heavy (non-hydrogen) atoms. The summed E-state index contributed by atoms with van der Waals surface area (Å²) in [6.45, 7) is 3.80. The zero-order valence-electron chi connectivity index (χ0n) is 10.2. The van der Waals surface area contributed by atoms with E-state index in [1.54, 1.807) is 0 Å². The molecule has 2 atom stereocenters. The largest absolute Gasteiger partial charge is 0.381 e. The fourth-order valence-corrected chi connectivity index (χ4v) is 3.17. The summed E-state index contributed by atoms with van der Waals surface area (Å²) in [4.78, 5) is 1.19. The molecule has 1 aromatic heterocycles. The van der Waals surface area contributed by atoms with E-state index < -0.39 is 0 Å². The van der Waals surface area contributed by atoms with Crippen LogP contribution in [0.25, 0.3) is 0 Å². The number of hydrogen-bond donors (Lipinski definition) is 2. The molecule has 0 saturated carbocycles. The summed E-state index contributed by atoms with van der Waals surface area (Å²) in [6.07, 6.45) is 4.31. The van der Waals surface area contributed by atoms with E-state index in [1.807, 2.05) is 0 Å². The standard InChI is InChI=1S/C11H20N4OS/c1-2-4-9-11(17-15-14-9)10(13-12)8-5-3-6-16-7-8/h8,10,13H,2-7,12H2,1H3. The number of hydrazine groups is 1. The third-order valence-electron chi connectivity index (χ3n) is 3.20. The second kappa shape index (κ2) is 6.39. The molecule has 1 saturated heterocycles. The van der Waals surface area contributed by atoms with E-state index in [4.69, 9.17) is 10.6 Å². The summed E-state index contributed by atoms with van der Waals surface area (Å²) >= 11 is 1.46. The molecule has 3 N–H and O–H groups in total. The quantitative estimate of drug-likeness (QED) is 0.616. The first-order valence-electron chi connectivity index (χ1n) is 6.21. The molecule has 0 amide bonds. The molecular weight excluding hydrogens is 236 g/mol. The lowest BCUT2D eigenvalue weighted by Gasteiger charge is -2.29. The van der Waals surface area contributed by atoms with Gasteiger partial charge in [-0.05, 0) is 30.8 Å². The van der Waals surface area contributed by atoms with Crippen LogP contribution in [-0.4, -0.2) is 22.8 Å². The fraction of sp³-hybridized carbons (Fsp3) is 0.818. The Kier molecular flexibility index (Phi) is 4.85. The normalized spacial score (nSPS) is 22.6. The Bertz CT molecular complexity index is 338. The first-order valence-corrected chi connectivity index (χ1v) is 6.99. The van der Waals surface area contributed by atoms with Crippen molar-refractivity contribution in [3.63, 3.8) is 0 Å². The predicted molar refractivity (Wildman–Crippen MR) is 67.5 cm³/mol. The van der Waals surface area contributed by atoms with Crippen molar-refractivity contribution in [2.24, 2.45) is 11.8 Å². The molecule has 0 radical (unpaired) electrons. The Labute approximate surface area is 106 Å². The van der Waals surface area contributed by atoms with Crippen LogP contribution in [0.2, 0.25) is 0 Å². The molecule has 1 fully saturated rings. The number of nitrogens with zero attached hydrogens (tertiary/aromatic N) is 2. The molecule has 6 heteroatoms. The SMILES string of the molecule is CCCc1nnsc1C(NN)C1CCCOC1. The maximum Gasteiger partial charge on any atom is 0.0804 e. The van der Waals surface area contributed by atoms with Crippen LogP contribution < -0.4 is 11.3 Å². The van der Waals surface area contributed by atoms with Crippen LogP contribution in [0.5, 0.6) is 0 Å². The molecule has 2 rings (SSSR count). The zero-order valence-corrected chi connectivity index (χ0v) is 11.0. The predicted octanol–water partition coefficient (Wildman–Crippen LogP) is 1.42. The molecule has 2 heterocycles. The van der Waals surface area contributed by atoms with Crippen molar-refractivity contribution in [2.75, 3.05) is 13.2 Å². The van der Waals surface area contributed by atoms with Crippen LogP contribution in [0, 0.1) is 5.92 Å². The second-order valence-electron chi connectivity index (χ2n) is 4.46. The third kappa shape index (κ3) is 3.01. The highest BCUT2D eigenvalue weighted by Gasteiger charge is 2.28. The van der Waals surface area contributed by atoms with Crippen LogP contribution in [0.1, 0.15) is 42.8 Å². The van der Waals surface area contributed by atoms with Gasteiger partial charge in [0.25, 0.3) is 0 Å². The van der Waals surface area contributed by atoms with E-state index in [0.717, 1.165) is 44.6 Å². The van der Waals surface area contributed by atoms with Crippen molar-refractivity contribution in [1.82, 2.24) is 15.0 Å². The summed E-state index contributed by atoms with van der Waals surface area (Å²) in [5, 5.41) is 4.20. The van der Waals surface area contributed by atoms with E-state index in [1.165, 1.54) is 16.4 Å². The van der Waals surface area contributed by atoms with Gasteiger partial charge in [0.1, 0.15) is 0 Å². The van der Waals surface area contributed by atoms with Crippen LogP contribution >= 0.6 is 11.5 Å². The van der Waals surface area contributed by atoms with Crippen molar-refractivity contribution >= 4 is 11.5 Å². The topological polar surface area (TPSA) is 73.1 Å². The minimum Gasteiger partial charge on any atom is -0.381 e. The van der Waals surface area contributed by atoms with Gasteiger partial charge in [0.05, 0.1) is 23.2 Å². The summed E-state index contributed by atoms with van der Waals surface area (Å²) in [7, 11) is 0. The lowest BCUT2D eigenvalue weighted by atomic mass is 9.92. The molecule has 2 unspecified atom stereocenters. The van der Waals surface area contributed by atoms with Crippen molar-refractivity contribution in [1.29, 1.82) is 0 Å². The summed E-state index contributed by atoms with van der Waals surface area (Å²) in [5.74, 6) is 6.14. The average Bonchev–Trinajstić information content (AvgIpc) is 2.81. The highest BCUT2D eigenvalue weighted by Crippen LogP contribution is 2.31. The Morgan fingerprint density at radius 3 is 3.18 bits per heavy atom. The second-order valence-corrected chi connectivity index (χ2v) is 5.24. The van der Waals surface area contributed by atoms with Crippen molar-refractivity contribution in [2.45, 2.75) is 38.6 Å². The summed E-state index contributed by atoms with van der Waals surface area (Å²) < 4.78 is 9.59. The van der Waals surface area contributed by atoms with Gasteiger partial charge in [-0.2, -0.15) is 0 Å². The Morgan fingerprint density at radius 1 is 1.65 bits per heavy atom. The summed E-state index contributed by atoms with van der Waals surface area (Å²) in [6, 6.07) is 0.136.